The fraction of sp³-hybridized carbons (Fsp3) is 1.00. The summed E-state index contributed by atoms with van der Waals surface area (Å²) in [5.74, 6) is 0.784. The maximum atomic E-state index is 6.32. The molecular formula is C13H28N2. The SMILES string of the molecule is CCN(CC(N)C1CCCCC1)C(C)C. The molecule has 0 radical (unpaired) electrons. The summed E-state index contributed by atoms with van der Waals surface area (Å²) in [5, 5.41) is 0. The van der Waals surface area contributed by atoms with E-state index in [4.69, 9.17) is 5.73 Å². The van der Waals surface area contributed by atoms with Crippen molar-refractivity contribution in [1.82, 2.24) is 4.90 Å². The third-order valence-corrected chi connectivity index (χ3v) is 3.84. The van der Waals surface area contributed by atoms with Gasteiger partial charge in [-0.2, -0.15) is 0 Å². The Bertz CT molecular complexity index is 162. The summed E-state index contributed by atoms with van der Waals surface area (Å²) < 4.78 is 0. The fourth-order valence-electron chi connectivity index (χ4n) is 2.69. The predicted molar refractivity (Wildman–Crippen MR) is 66.9 cm³/mol. The second-order valence-electron chi connectivity index (χ2n) is 5.24. The molecule has 0 spiro atoms. The molecule has 1 aliphatic rings. The Labute approximate surface area is 95.2 Å². The molecule has 2 N–H and O–H groups in total. The van der Waals surface area contributed by atoms with Crippen molar-refractivity contribution in [3.8, 4) is 0 Å². The van der Waals surface area contributed by atoms with Crippen molar-refractivity contribution in [1.29, 1.82) is 0 Å². The summed E-state index contributed by atoms with van der Waals surface area (Å²) in [4.78, 5) is 2.49. The van der Waals surface area contributed by atoms with Crippen molar-refractivity contribution < 1.29 is 0 Å². The second kappa shape index (κ2) is 6.49. The predicted octanol–water partition coefficient (Wildman–Crippen LogP) is 2.62. The highest BCUT2D eigenvalue weighted by Gasteiger charge is 2.22. The van der Waals surface area contributed by atoms with Gasteiger partial charge >= 0.3 is 0 Å². The zero-order chi connectivity index (χ0) is 11.3. The van der Waals surface area contributed by atoms with Crippen LogP contribution in [0.1, 0.15) is 52.9 Å². The number of rotatable bonds is 5. The number of hydrogen-bond donors (Lipinski definition) is 1. The van der Waals surface area contributed by atoms with Gasteiger partial charge in [-0.25, -0.2) is 0 Å². The van der Waals surface area contributed by atoms with Crippen LogP contribution in [0.15, 0.2) is 0 Å². The number of likely N-dealkylation sites (N-methyl/N-ethyl adjacent to an activating group) is 1. The van der Waals surface area contributed by atoms with Crippen molar-refractivity contribution in [2.24, 2.45) is 11.7 Å². The number of nitrogens with two attached hydrogens (primary N) is 1. The van der Waals surface area contributed by atoms with E-state index >= 15 is 0 Å². The van der Waals surface area contributed by atoms with E-state index in [0.29, 0.717) is 12.1 Å². The Hall–Kier alpha value is -0.0800. The second-order valence-corrected chi connectivity index (χ2v) is 5.24. The molecule has 1 fully saturated rings. The van der Waals surface area contributed by atoms with Crippen LogP contribution in [0.2, 0.25) is 0 Å². The Morgan fingerprint density at radius 2 is 1.80 bits per heavy atom. The molecule has 15 heavy (non-hydrogen) atoms. The van der Waals surface area contributed by atoms with Crippen LogP contribution in [-0.2, 0) is 0 Å². The maximum absolute atomic E-state index is 6.32. The van der Waals surface area contributed by atoms with E-state index < -0.39 is 0 Å². The van der Waals surface area contributed by atoms with E-state index in [1.165, 1.54) is 32.1 Å². The number of nitrogens with zero attached hydrogens (tertiary/aromatic N) is 1. The normalized spacial score (nSPS) is 21.2. The van der Waals surface area contributed by atoms with E-state index in [9.17, 15) is 0 Å². The summed E-state index contributed by atoms with van der Waals surface area (Å²) in [7, 11) is 0. The molecule has 1 rings (SSSR count). The molecule has 1 aliphatic carbocycles. The van der Waals surface area contributed by atoms with Gasteiger partial charge in [0.2, 0.25) is 0 Å². The lowest BCUT2D eigenvalue weighted by atomic mass is 9.84. The molecule has 2 nitrogen and oxygen atoms in total. The standard InChI is InChI=1S/C13H28N2/c1-4-15(11(2)3)10-13(14)12-8-6-5-7-9-12/h11-13H,4-10,14H2,1-3H3. The van der Waals surface area contributed by atoms with Crippen LogP contribution in [0.5, 0.6) is 0 Å². The Morgan fingerprint density at radius 3 is 2.27 bits per heavy atom. The molecule has 0 bridgehead atoms. The summed E-state index contributed by atoms with van der Waals surface area (Å²) in [6.07, 6.45) is 6.93. The minimum atomic E-state index is 0.396. The van der Waals surface area contributed by atoms with Crippen LogP contribution in [0.25, 0.3) is 0 Å². The molecule has 0 heterocycles. The Balaban J connectivity index is 2.34. The lowest BCUT2D eigenvalue weighted by Crippen LogP contribution is -2.45. The van der Waals surface area contributed by atoms with Crippen molar-refractivity contribution in [2.45, 2.75) is 65.0 Å². The summed E-state index contributed by atoms with van der Waals surface area (Å²) >= 11 is 0. The summed E-state index contributed by atoms with van der Waals surface area (Å²) in [6, 6.07) is 1.03. The summed E-state index contributed by atoms with van der Waals surface area (Å²) in [5.41, 5.74) is 6.32. The lowest BCUT2D eigenvalue weighted by Gasteiger charge is -2.33. The minimum absolute atomic E-state index is 0.396. The number of hydrogen-bond acceptors (Lipinski definition) is 2. The van der Waals surface area contributed by atoms with E-state index in [-0.39, 0.29) is 0 Å². The van der Waals surface area contributed by atoms with Crippen molar-refractivity contribution in [2.75, 3.05) is 13.1 Å². The molecule has 0 aromatic heterocycles. The van der Waals surface area contributed by atoms with Gasteiger partial charge in [-0.1, -0.05) is 26.2 Å². The molecule has 1 unspecified atom stereocenters. The molecule has 1 atom stereocenters. The summed E-state index contributed by atoms with van der Waals surface area (Å²) in [6.45, 7) is 8.96. The van der Waals surface area contributed by atoms with E-state index in [0.717, 1.165) is 19.0 Å². The average Bonchev–Trinajstić information content (AvgIpc) is 2.26. The third kappa shape index (κ3) is 4.12. The highest BCUT2D eigenvalue weighted by molar-refractivity contribution is 4.80. The average molecular weight is 212 g/mol. The maximum Gasteiger partial charge on any atom is 0.0196 e. The van der Waals surface area contributed by atoms with Crippen LogP contribution in [0, 0.1) is 5.92 Å². The molecule has 0 saturated heterocycles. The lowest BCUT2D eigenvalue weighted by molar-refractivity contribution is 0.181. The molecule has 1 saturated carbocycles. The zero-order valence-corrected chi connectivity index (χ0v) is 10.7. The van der Waals surface area contributed by atoms with Gasteiger partial charge < -0.3 is 5.73 Å². The molecule has 90 valence electrons. The van der Waals surface area contributed by atoms with Crippen LogP contribution >= 0.6 is 0 Å². The Morgan fingerprint density at radius 1 is 1.20 bits per heavy atom. The highest BCUT2D eigenvalue weighted by atomic mass is 15.2. The highest BCUT2D eigenvalue weighted by Crippen LogP contribution is 2.26. The van der Waals surface area contributed by atoms with Gasteiger partial charge in [0.05, 0.1) is 0 Å². The first kappa shape index (κ1) is 13.0. The fourth-order valence-corrected chi connectivity index (χ4v) is 2.69. The molecule has 2 heteroatoms. The third-order valence-electron chi connectivity index (χ3n) is 3.84. The van der Waals surface area contributed by atoms with E-state index in [1.54, 1.807) is 0 Å². The first-order chi connectivity index (χ1) is 7.15. The monoisotopic (exact) mass is 212 g/mol. The van der Waals surface area contributed by atoms with Gasteiger partial charge in [-0.05, 0) is 39.2 Å². The smallest absolute Gasteiger partial charge is 0.0196 e. The van der Waals surface area contributed by atoms with E-state index in [1.807, 2.05) is 0 Å². The van der Waals surface area contributed by atoms with Gasteiger partial charge in [0.1, 0.15) is 0 Å². The Kier molecular flexibility index (Phi) is 5.62. The first-order valence-electron chi connectivity index (χ1n) is 6.64. The van der Waals surface area contributed by atoms with Crippen molar-refractivity contribution in [3.05, 3.63) is 0 Å². The first-order valence-corrected chi connectivity index (χ1v) is 6.64. The van der Waals surface area contributed by atoms with Gasteiger partial charge in [0.15, 0.2) is 0 Å². The van der Waals surface area contributed by atoms with Crippen LogP contribution in [-0.4, -0.2) is 30.1 Å². The quantitative estimate of drug-likeness (QED) is 0.759. The van der Waals surface area contributed by atoms with Crippen molar-refractivity contribution in [3.63, 3.8) is 0 Å². The van der Waals surface area contributed by atoms with E-state index in [2.05, 4.69) is 25.7 Å². The van der Waals surface area contributed by atoms with Gasteiger partial charge in [0.25, 0.3) is 0 Å². The van der Waals surface area contributed by atoms with Gasteiger partial charge in [-0.15, -0.1) is 0 Å². The molecule has 0 amide bonds. The van der Waals surface area contributed by atoms with Crippen LogP contribution in [0.4, 0.5) is 0 Å². The van der Waals surface area contributed by atoms with Crippen LogP contribution < -0.4 is 5.73 Å². The molecular weight excluding hydrogens is 184 g/mol. The van der Waals surface area contributed by atoms with Gasteiger partial charge in [-0.3, -0.25) is 4.90 Å². The topological polar surface area (TPSA) is 29.3 Å². The molecule has 0 aromatic carbocycles. The molecule has 0 aromatic rings. The largest absolute Gasteiger partial charge is 0.326 e. The van der Waals surface area contributed by atoms with Crippen LogP contribution in [0.3, 0.4) is 0 Å². The van der Waals surface area contributed by atoms with Crippen molar-refractivity contribution >= 4 is 0 Å². The minimum Gasteiger partial charge on any atom is -0.326 e. The zero-order valence-electron chi connectivity index (χ0n) is 10.7. The molecule has 0 aliphatic heterocycles. The van der Waals surface area contributed by atoms with Gasteiger partial charge in [0, 0.05) is 18.6 Å².